The van der Waals surface area contributed by atoms with Crippen LogP contribution in [0.1, 0.15) is 25.3 Å². The lowest BCUT2D eigenvalue weighted by molar-refractivity contribution is 0.516. The molecule has 1 aliphatic heterocycles. The molecule has 2 nitrogen and oxygen atoms in total. The first kappa shape index (κ1) is 13.7. The van der Waals surface area contributed by atoms with Crippen LogP contribution in [0.3, 0.4) is 0 Å². The van der Waals surface area contributed by atoms with E-state index < -0.39 is 0 Å². The summed E-state index contributed by atoms with van der Waals surface area (Å²) in [6.07, 6.45) is 2.49. The van der Waals surface area contributed by atoms with E-state index in [4.69, 9.17) is 11.6 Å². The molecule has 1 heterocycles. The van der Waals surface area contributed by atoms with Crippen molar-refractivity contribution < 1.29 is 0 Å². The lowest BCUT2D eigenvalue weighted by Gasteiger charge is -2.21. The van der Waals surface area contributed by atoms with Crippen molar-refractivity contribution in [1.82, 2.24) is 5.32 Å². The normalized spacial score (nSPS) is 19.5. The van der Waals surface area contributed by atoms with E-state index in [2.05, 4.69) is 30.1 Å². The fraction of sp³-hybridized carbons (Fsp3) is 0.600. The molecule has 2 rings (SSSR count). The molecular weight excluding hydrogens is 244 g/mol. The molecular formula is C15H23ClN2. The van der Waals surface area contributed by atoms with Gasteiger partial charge in [0.2, 0.25) is 0 Å². The van der Waals surface area contributed by atoms with Crippen molar-refractivity contribution in [3.05, 3.63) is 28.8 Å². The van der Waals surface area contributed by atoms with Gasteiger partial charge < -0.3 is 10.2 Å². The van der Waals surface area contributed by atoms with Crippen LogP contribution >= 0.6 is 11.6 Å². The summed E-state index contributed by atoms with van der Waals surface area (Å²) in [7, 11) is 0. The molecule has 1 aromatic rings. The Kier molecular flexibility index (Phi) is 4.90. The highest BCUT2D eigenvalue weighted by Gasteiger charge is 2.23. The van der Waals surface area contributed by atoms with Crippen molar-refractivity contribution in [2.24, 2.45) is 5.92 Å². The van der Waals surface area contributed by atoms with Gasteiger partial charge in [-0.2, -0.15) is 0 Å². The second kappa shape index (κ2) is 6.44. The van der Waals surface area contributed by atoms with Crippen LogP contribution in [0, 0.1) is 12.8 Å². The van der Waals surface area contributed by atoms with E-state index in [-0.39, 0.29) is 0 Å². The van der Waals surface area contributed by atoms with Gasteiger partial charge >= 0.3 is 0 Å². The van der Waals surface area contributed by atoms with Crippen LogP contribution in [-0.2, 0) is 0 Å². The molecule has 18 heavy (non-hydrogen) atoms. The summed E-state index contributed by atoms with van der Waals surface area (Å²) in [5, 5.41) is 4.40. The van der Waals surface area contributed by atoms with Gasteiger partial charge in [-0.15, -0.1) is 0 Å². The molecule has 1 unspecified atom stereocenters. The minimum Gasteiger partial charge on any atom is -0.371 e. The number of hydrogen-bond donors (Lipinski definition) is 1. The smallest absolute Gasteiger partial charge is 0.0455 e. The van der Waals surface area contributed by atoms with E-state index >= 15 is 0 Å². The van der Waals surface area contributed by atoms with Gasteiger partial charge in [0.25, 0.3) is 0 Å². The van der Waals surface area contributed by atoms with Gasteiger partial charge in [0.15, 0.2) is 0 Å². The summed E-state index contributed by atoms with van der Waals surface area (Å²) >= 11 is 6.19. The van der Waals surface area contributed by atoms with Crippen LogP contribution in [0.5, 0.6) is 0 Å². The second-order valence-electron chi connectivity index (χ2n) is 5.19. The van der Waals surface area contributed by atoms with E-state index in [0.29, 0.717) is 0 Å². The predicted molar refractivity (Wildman–Crippen MR) is 79.7 cm³/mol. The molecule has 1 aromatic carbocycles. The first-order valence-electron chi connectivity index (χ1n) is 6.93. The Balaban J connectivity index is 1.94. The van der Waals surface area contributed by atoms with Gasteiger partial charge in [-0.3, -0.25) is 0 Å². The molecule has 1 aliphatic rings. The summed E-state index contributed by atoms with van der Waals surface area (Å²) in [6.45, 7) is 8.90. The Morgan fingerprint density at radius 2 is 2.28 bits per heavy atom. The van der Waals surface area contributed by atoms with Crippen LogP contribution in [0.2, 0.25) is 5.02 Å². The fourth-order valence-electron chi connectivity index (χ4n) is 2.64. The third-order valence-corrected chi connectivity index (χ3v) is 4.13. The van der Waals surface area contributed by atoms with Crippen molar-refractivity contribution in [3.8, 4) is 0 Å². The quantitative estimate of drug-likeness (QED) is 0.821. The third kappa shape index (κ3) is 3.18. The van der Waals surface area contributed by atoms with Crippen LogP contribution in [-0.4, -0.2) is 26.2 Å². The maximum absolute atomic E-state index is 6.19. The summed E-state index contributed by atoms with van der Waals surface area (Å²) in [5.41, 5.74) is 2.52. The Bertz CT molecular complexity index is 392. The molecule has 1 fully saturated rings. The molecule has 100 valence electrons. The second-order valence-corrected chi connectivity index (χ2v) is 5.60. The molecule has 0 bridgehead atoms. The van der Waals surface area contributed by atoms with Crippen LogP contribution in [0.15, 0.2) is 18.2 Å². The minimum absolute atomic E-state index is 0.773. The molecule has 0 radical (unpaired) electrons. The molecule has 3 heteroatoms. The number of benzene rings is 1. The minimum atomic E-state index is 0.773. The standard InChI is InChI=1S/C15H23ClN2/c1-3-8-17-10-13-7-9-18(11-13)15-6-4-5-14(16)12(15)2/h4-6,13,17H,3,7-11H2,1-2H3. The fourth-order valence-corrected chi connectivity index (χ4v) is 2.81. The number of rotatable bonds is 5. The van der Waals surface area contributed by atoms with Crippen LogP contribution in [0.4, 0.5) is 5.69 Å². The Morgan fingerprint density at radius 1 is 1.44 bits per heavy atom. The molecule has 1 N–H and O–H groups in total. The average molecular weight is 267 g/mol. The Labute approximate surface area is 115 Å². The highest BCUT2D eigenvalue weighted by Crippen LogP contribution is 2.30. The molecule has 0 aromatic heterocycles. The molecule has 0 saturated carbocycles. The van der Waals surface area contributed by atoms with E-state index in [1.165, 1.54) is 24.1 Å². The number of anilines is 1. The molecule has 0 spiro atoms. The third-order valence-electron chi connectivity index (χ3n) is 3.73. The van der Waals surface area contributed by atoms with Gasteiger partial charge in [-0.1, -0.05) is 24.6 Å². The van der Waals surface area contributed by atoms with Gasteiger partial charge in [-0.25, -0.2) is 0 Å². The van der Waals surface area contributed by atoms with Crippen molar-refractivity contribution in [2.45, 2.75) is 26.7 Å². The summed E-state index contributed by atoms with van der Waals surface area (Å²) < 4.78 is 0. The zero-order valence-corrected chi connectivity index (χ0v) is 12.1. The van der Waals surface area contributed by atoms with Gasteiger partial charge in [-0.05, 0) is 56.5 Å². The van der Waals surface area contributed by atoms with Gasteiger partial charge in [0, 0.05) is 23.8 Å². The lowest BCUT2D eigenvalue weighted by Crippen LogP contribution is -2.27. The first-order chi connectivity index (χ1) is 8.72. The largest absolute Gasteiger partial charge is 0.371 e. The zero-order valence-electron chi connectivity index (χ0n) is 11.4. The molecule has 0 aliphatic carbocycles. The van der Waals surface area contributed by atoms with Crippen molar-refractivity contribution in [1.29, 1.82) is 0 Å². The van der Waals surface area contributed by atoms with Crippen molar-refractivity contribution in [2.75, 3.05) is 31.1 Å². The first-order valence-corrected chi connectivity index (χ1v) is 7.31. The highest BCUT2D eigenvalue weighted by molar-refractivity contribution is 6.31. The lowest BCUT2D eigenvalue weighted by atomic mass is 10.1. The molecule has 0 amide bonds. The summed E-state index contributed by atoms with van der Waals surface area (Å²) in [5.74, 6) is 0.773. The number of nitrogens with zero attached hydrogens (tertiary/aromatic N) is 1. The maximum atomic E-state index is 6.19. The monoisotopic (exact) mass is 266 g/mol. The van der Waals surface area contributed by atoms with Crippen LogP contribution < -0.4 is 10.2 Å². The number of nitrogens with one attached hydrogen (secondary N) is 1. The Hall–Kier alpha value is -0.730. The zero-order chi connectivity index (χ0) is 13.0. The van der Waals surface area contributed by atoms with E-state index in [0.717, 1.165) is 37.1 Å². The van der Waals surface area contributed by atoms with Gasteiger partial charge in [0.05, 0.1) is 0 Å². The SMILES string of the molecule is CCCNCC1CCN(c2cccc(Cl)c2C)C1. The topological polar surface area (TPSA) is 15.3 Å². The highest BCUT2D eigenvalue weighted by atomic mass is 35.5. The van der Waals surface area contributed by atoms with Crippen molar-refractivity contribution in [3.63, 3.8) is 0 Å². The number of hydrogen-bond acceptors (Lipinski definition) is 2. The van der Waals surface area contributed by atoms with Crippen LogP contribution in [0.25, 0.3) is 0 Å². The van der Waals surface area contributed by atoms with E-state index in [1.54, 1.807) is 0 Å². The molecule has 1 atom stereocenters. The Morgan fingerprint density at radius 3 is 3.06 bits per heavy atom. The van der Waals surface area contributed by atoms with E-state index in [9.17, 15) is 0 Å². The maximum Gasteiger partial charge on any atom is 0.0455 e. The van der Waals surface area contributed by atoms with Gasteiger partial charge in [0.1, 0.15) is 0 Å². The number of halogens is 1. The summed E-state index contributed by atoms with van der Waals surface area (Å²) in [4.78, 5) is 2.47. The van der Waals surface area contributed by atoms with E-state index in [1.807, 2.05) is 12.1 Å². The predicted octanol–water partition coefficient (Wildman–Crippen LogP) is 3.47. The molecule has 1 saturated heterocycles. The average Bonchev–Trinajstić information content (AvgIpc) is 2.82. The van der Waals surface area contributed by atoms with Crippen molar-refractivity contribution >= 4 is 17.3 Å². The summed E-state index contributed by atoms with van der Waals surface area (Å²) in [6, 6.07) is 6.20.